The van der Waals surface area contributed by atoms with Gasteiger partial charge in [-0.3, -0.25) is 0 Å². The van der Waals surface area contributed by atoms with E-state index in [1.807, 2.05) is 0 Å². The Kier molecular flexibility index (Phi) is 9.54. The van der Waals surface area contributed by atoms with E-state index >= 15 is 0 Å². The van der Waals surface area contributed by atoms with Crippen LogP contribution in [0.2, 0.25) is 0 Å². The molecule has 8 aromatic carbocycles. The van der Waals surface area contributed by atoms with Crippen LogP contribution in [0.1, 0.15) is 41.7 Å². The van der Waals surface area contributed by atoms with Gasteiger partial charge in [-0.2, -0.15) is 0 Å². The normalized spacial score (nSPS) is 12.0. The summed E-state index contributed by atoms with van der Waals surface area (Å²) in [5, 5.41) is 7.86. The first-order valence-electron chi connectivity index (χ1n) is 18.5. The monoisotopic (exact) mass is 672 g/mol. The van der Waals surface area contributed by atoms with Crippen LogP contribution >= 0.6 is 0 Å². The van der Waals surface area contributed by atoms with Crippen LogP contribution in [-0.2, 0) is 13.1 Å². The molecule has 2 nitrogen and oxygen atoms in total. The first kappa shape index (κ1) is 33.0. The van der Waals surface area contributed by atoms with E-state index < -0.39 is 0 Å². The maximum atomic E-state index is 2.46. The van der Waals surface area contributed by atoms with Crippen LogP contribution in [0.3, 0.4) is 0 Å². The molecule has 8 aromatic rings. The molecule has 8 rings (SSSR count). The van der Waals surface area contributed by atoms with E-state index in [1.54, 1.807) is 0 Å². The van der Waals surface area contributed by atoms with Crippen LogP contribution in [0.5, 0.6) is 0 Å². The minimum Gasteiger partial charge on any atom is -0.372 e. The third kappa shape index (κ3) is 6.81. The van der Waals surface area contributed by atoms with Gasteiger partial charge in [0.25, 0.3) is 0 Å². The standard InChI is InChI=1S/C50H44N2/c1-3-51(4-2)45-30-25-40(26-31-45)47(20-12-17-39-21-22-44-24-23-42-18-11-19-43-29-34-48(39)50(44)49(42)43)41-27-32-46(33-28-41)52(35-37-13-7-5-8-14-37)36-38-15-9-6-10-16-38/h5-34H,3-4,35-36H2,1-2H3. The molecule has 254 valence electrons. The van der Waals surface area contributed by atoms with Crippen LogP contribution in [-0.4, -0.2) is 13.1 Å². The van der Waals surface area contributed by atoms with Crippen molar-refractivity contribution in [1.29, 1.82) is 0 Å². The molecule has 0 amide bonds. The van der Waals surface area contributed by atoms with Gasteiger partial charge in [-0.05, 0) is 104 Å². The average molecular weight is 673 g/mol. The van der Waals surface area contributed by atoms with Gasteiger partial charge in [-0.1, -0.05) is 158 Å². The van der Waals surface area contributed by atoms with Crippen LogP contribution < -0.4 is 9.80 Å². The van der Waals surface area contributed by atoms with E-state index in [4.69, 9.17) is 0 Å². The fraction of sp³-hybridized carbons (Fsp3) is 0.120. The van der Waals surface area contributed by atoms with Gasteiger partial charge < -0.3 is 9.80 Å². The number of hydrogen-bond donors (Lipinski definition) is 0. The molecular weight excluding hydrogens is 629 g/mol. The molecule has 0 fully saturated rings. The summed E-state index contributed by atoms with van der Waals surface area (Å²) in [6.45, 7) is 8.09. The molecule has 52 heavy (non-hydrogen) atoms. The predicted molar refractivity (Wildman–Crippen MR) is 225 cm³/mol. The van der Waals surface area contributed by atoms with Gasteiger partial charge in [0, 0.05) is 37.6 Å². The van der Waals surface area contributed by atoms with E-state index in [9.17, 15) is 0 Å². The van der Waals surface area contributed by atoms with Crippen LogP contribution in [0.4, 0.5) is 11.4 Å². The van der Waals surface area contributed by atoms with Crippen molar-refractivity contribution in [3.8, 4) is 0 Å². The minimum absolute atomic E-state index is 0.840. The molecule has 0 atom stereocenters. The molecule has 0 aliphatic carbocycles. The summed E-state index contributed by atoms with van der Waals surface area (Å²) < 4.78 is 0. The number of allylic oxidation sites excluding steroid dienone is 2. The fourth-order valence-electron chi connectivity index (χ4n) is 7.65. The molecule has 0 saturated carbocycles. The molecule has 0 aromatic heterocycles. The van der Waals surface area contributed by atoms with Crippen LogP contribution in [0.25, 0.3) is 44.0 Å². The highest BCUT2D eigenvalue weighted by Gasteiger charge is 2.13. The summed E-state index contributed by atoms with van der Waals surface area (Å²) in [6.07, 6.45) is 6.78. The minimum atomic E-state index is 0.840. The topological polar surface area (TPSA) is 6.48 Å². The molecule has 0 N–H and O–H groups in total. The molecule has 0 aliphatic heterocycles. The second-order valence-electron chi connectivity index (χ2n) is 13.5. The summed E-state index contributed by atoms with van der Waals surface area (Å²) >= 11 is 0. The van der Waals surface area contributed by atoms with Gasteiger partial charge in [0.15, 0.2) is 0 Å². The average Bonchev–Trinajstić information content (AvgIpc) is 3.20. The van der Waals surface area contributed by atoms with E-state index in [0.717, 1.165) is 26.2 Å². The zero-order valence-electron chi connectivity index (χ0n) is 30.0. The summed E-state index contributed by atoms with van der Waals surface area (Å²) in [7, 11) is 0. The highest BCUT2D eigenvalue weighted by atomic mass is 15.1. The lowest BCUT2D eigenvalue weighted by molar-refractivity contribution is 0.800. The quantitative estimate of drug-likeness (QED) is 0.0941. The lowest BCUT2D eigenvalue weighted by atomic mass is 9.91. The molecule has 0 bridgehead atoms. The highest BCUT2D eigenvalue weighted by molar-refractivity contribution is 6.24. The first-order chi connectivity index (χ1) is 25.7. The summed E-state index contributed by atoms with van der Waals surface area (Å²) in [4.78, 5) is 4.86. The zero-order valence-corrected chi connectivity index (χ0v) is 30.0. The molecule has 0 spiro atoms. The van der Waals surface area contributed by atoms with Gasteiger partial charge in [-0.15, -0.1) is 0 Å². The molecule has 0 unspecified atom stereocenters. The SMILES string of the molecule is CCN(CC)c1ccc(C(=CC=Cc2ccc3ccc4cccc5ccc2c3c45)c2ccc(N(Cc3ccccc3)Cc3ccccc3)cc2)cc1. The third-order valence-corrected chi connectivity index (χ3v) is 10.4. The maximum Gasteiger partial charge on any atom is 0.0433 e. The number of anilines is 2. The summed E-state index contributed by atoms with van der Waals surface area (Å²) in [6, 6.07) is 59.9. The van der Waals surface area contributed by atoms with Crippen molar-refractivity contribution in [2.45, 2.75) is 26.9 Å². The van der Waals surface area contributed by atoms with Crippen molar-refractivity contribution >= 4 is 55.3 Å². The van der Waals surface area contributed by atoms with Crippen molar-refractivity contribution in [1.82, 2.24) is 0 Å². The van der Waals surface area contributed by atoms with Crippen molar-refractivity contribution in [3.05, 3.63) is 204 Å². The van der Waals surface area contributed by atoms with Crippen LogP contribution in [0.15, 0.2) is 176 Å². The highest BCUT2D eigenvalue weighted by Crippen LogP contribution is 2.36. The Balaban J connectivity index is 1.16. The number of hydrogen-bond acceptors (Lipinski definition) is 2. The van der Waals surface area contributed by atoms with E-state index in [2.05, 4.69) is 206 Å². The van der Waals surface area contributed by atoms with E-state index in [1.165, 1.54) is 77.1 Å². The lowest BCUT2D eigenvalue weighted by Crippen LogP contribution is -2.22. The van der Waals surface area contributed by atoms with Gasteiger partial charge >= 0.3 is 0 Å². The Hall–Kier alpha value is -6.12. The van der Waals surface area contributed by atoms with E-state index in [-0.39, 0.29) is 0 Å². The van der Waals surface area contributed by atoms with Gasteiger partial charge in [-0.25, -0.2) is 0 Å². The lowest BCUT2D eigenvalue weighted by Gasteiger charge is -2.26. The fourth-order valence-corrected chi connectivity index (χ4v) is 7.65. The van der Waals surface area contributed by atoms with Crippen molar-refractivity contribution in [2.24, 2.45) is 0 Å². The van der Waals surface area contributed by atoms with Crippen molar-refractivity contribution in [2.75, 3.05) is 22.9 Å². The second kappa shape index (κ2) is 15.0. The smallest absolute Gasteiger partial charge is 0.0433 e. The van der Waals surface area contributed by atoms with E-state index in [0.29, 0.717) is 0 Å². The Labute approximate surface area is 307 Å². The maximum absolute atomic E-state index is 2.46. The molecule has 0 radical (unpaired) electrons. The van der Waals surface area contributed by atoms with Crippen LogP contribution in [0, 0.1) is 0 Å². The molecule has 0 heterocycles. The summed E-state index contributed by atoms with van der Waals surface area (Å²) in [5.74, 6) is 0. The number of rotatable bonds is 12. The molecule has 0 saturated heterocycles. The molecule has 0 aliphatic rings. The first-order valence-corrected chi connectivity index (χ1v) is 18.5. The van der Waals surface area contributed by atoms with Gasteiger partial charge in [0.2, 0.25) is 0 Å². The number of benzene rings is 8. The Morgan fingerprint density at radius 1 is 0.462 bits per heavy atom. The molecule has 2 heteroatoms. The Bertz CT molecular complexity index is 2400. The predicted octanol–water partition coefficient (Wildman–Crippen LogP) is 12.8. The zero-order chi connectivity index (χ0) is 35.3. The number of nitrogens with zero attached hydrogens (tertiary/aromatic N) is 2. The summed E-state index contributed by atoms with van der Waals surface area (Å²) in [5.41, 5.74) is 9.88. The Morgan fingerprint density at radius 2 is 0.962 bits per heavy atom. The van der Waals surface area contributed by atoms with Gasteiger partial charge in [0.1, 0.15) is 0 Å². The molecular formula is C50H44N2. The van der Waals surface area contributed by atoms with Gasteiger partial charge in [0.05, 0.1) is 0 Å². The second-order valence-corrected chi connectivity index (χ2v) is 13.5. The van der Waals surface area contributed by atoms with Crippen molar-refractivity contribution in [3.63, 3.8) is 0 Å². The Morgan fingerprint density at radius 3 is 1.52 bits per heavy atom. The third-order valence-electron chi connectivity index (χ3n) is 10.4. The largest absolute Gasteiger partial charge is 0.372 e. The van der Waals surface area contributed by atoms with Crippen molar-refractivity contribution < 1.29 is 0 Å².